The lowest BCUT2D eigenvalue weighted by Gasteiger charge is -2.38. The average molecular weight is 485 g/mol. The highest BCUT2D eigenvalue weighted by Gasteiger charge is 2.52. The fourth-order valence-corrected chi connectivity index (χ4v) is 4.41. The van der Waals surface area contributed by atoms with Gasteiger partial charge in [-0.3, -0.25) is 4.68 Å². The van der Waals surface area contributed by atoms with Gasteiger partial charge in [-0.05, 0) is 74.1 Å². The summed E-state index contributed by atoms with van der Waals surface area (Å²) in [6, 6.07) is 0. The van der Waals surface area contributed by atoms with Crippen molar-refractivity contribution in [1.82, 2.24) is 14.7 Å². The van der Waals surface area contributed by atoms with Crippen molar-refractivity contribution in [3.8, 4) is 11.8 Å². The normalized spacial score (nSPS) is 26.1. The highest BCUT2D eigenvalue weighted by molar-refractivity contribution is 6.62. The SMILES string of the molecule is CC(C)(C)OC(=O)N1CCC(O[C@H]2C[C@H](C#CCn3cc(B4OC(C)(C)C(C)(C)O4)cn3)C2)CC1. The lowest BCUT2D eigenvalue weighted by molar-refractivity contribution is -0.0849. The Morgan fingerprint density at radius 2 is 1.77 bits per heavy atom. The third-order valence-corrected chi connectivity index (χ3v) is 7.30. The lowest BCUT2D eigenvalue weighted by atomic mass is 9.82. The number of carbonyl (C=O) groups is 1. The molecule has 9 heteroatoms. The number of nitrogens with zero attached hydrogens (tertiary/aromatic N) is 3. The van der Waals surface area contributed by atoms with Crippen molar-refractivity contribution in [2.45, 2.75) is 110 Å². The second-order valence-corrected chi connectivity index (χ2v) is 12.0. The molecule has 192 valence electrons. The van der Waals surface area contributed by atoms with Crippen molar-refractivity contribution in [1.29, 1.82) is 0 Å². The van der Waals surface area contributed by atoms with Gasteiger partial charge in [0.2, 0.25) is 0 Å². The van der Waals surface area contributed by atoms with E-state index in [-0.39, 0.29) is 29.5 Å². The number of likely N-dealkylation sites (tertiary alicyclic amines) is 1. The third kappa shape index (κ3) is 6.41. The molecule has 3 fully saturated rings. The Morgan fingerprint density at radius 1 is 1.14 bits per heavy atom. The molecule has 0 bridgehead atoms. The van der Waals surface area contributed by atoms with Crippen LogP contribution in [0.4, 0.5) is 4.79 Å². The van der Waals surface area contributed by atoms with Gasteiger partial charge in [-0.2, -0.15) is 5.10 Å². The third-order valence-electron chi connectivity index (χ3n) is 7.30. The standard InChI is InChI=1S/C26H40BN3O5/c1-24(2,3)33-23(31)29-13-10-21(11-14-29)32-22-15-19(16-22)9-8-12-30-18-20(17-28-30)27-34-25(4,5)26(6,7)35-27/h17-19,21-22H,10-16H2,1-7H3/t19-,22-. The molecule has 0 N–H and O–H groups in total. The van der Waals surface area contributed by atoms with Crippen molar-refractivity contribution in [3.05, 3.63) is 12.4 Å². The molecular weight excluding hydrogens is 445 g/mol. The summed E-state index contributed by atoms with van der Waals surface area (Å²) in [6.45, 7) is 15.8. The first-order valence-corrected chi connectivity index (χ1v) is 12.8. The molecule has 1 aromatic heterocycles. The molecule has 3 heterocycles. The summed E-state index contributed by atoms with van der Waals surface area (Å²) >= 11 is 0. The summed E-state index contributed by atoms with van der Waals surface area (Å²) in [5, 5.41) is 4.42. The molecule has 8 nitrogen and oxygen atoms in total. The number of aromatic nitrogens is 2. The van der Waals surface area contributed by atoms with E-state index >= 15 is 0 Å². The number of rotatable bonds is 4. The second kappa shape index (κ2) is 9.80. The Labute approximate surface area is 210 Å². The fraction of sp³-hybridized carbons (Fsp3) is 0.769. The number of hydrogen-bond donors (Lipinski definition) is 0. The van der Waals surface area contributed by atoms with Crippen molar-refractivity contribution >= 4 is 18.7 Å². The summed E-state index contributed by atoms with van der Waals surface area (Å²) in [5.74, 6) is 6.99. The van der Waals surface area contributed by atoms with E-state index in [0.717, 1.165) is 31.1 Å². The predicted octanol–water partition coefficient (Wildman–Crippen LogP) is 3.38. The van der Waals surface area contributed by atoms with Crippen molar-refractivity contribution in [2.75, 3.05) is 13.1 Å². The van der Waals surface area contributed by atoms with Crippen molar-refractivity contribution in [2.24, 2.45) is 5.92 Å². The van der Waals surface area contributed by atoms with Gasteiger partial charge in [0.25, 0.3) is 0 Å². The zero-order chi connectivity index (χ0) is 25.4. The van der Waals surface area contributed by atoms with Crippen LogP contribution in [-0.2, 0) is 25.3 Å². The smallest absolute Gasteiger partial charge is 0.444 e. The number of piperidine rings is 1. The van der Waals surface area contributed by atoms with Crippen LogP contribution in [0.5, 0.6) is 0 Å². The zero-order valence-electron chi connectivity index (χ0n) is 22.3. The van der Waals surface area contributed by atoms with E-state index in [9.17, 15) is 4.79 Å². The quantitative estimate of drug-likeness (QED) is 0.481. The minimum atomic E-state index is -0.459. The Balaban J connectivity index is 1.15. The molecule has 0 atom stereocenters. The molecule has 2 saturated heterocycles. The van der Waals surface area contributed by atoms with Gasteiger partial charge < -0.3 is 23.7 Å². The maximum Gasteiger partial charge on any atom is 0.498 e. The van der Waals surface area contributed by atoms with Gasteiger partial charge >= 0.3 is 13.2 Å². The van der Waals surface area contributed by atoms with E-state index in [1.807, 2.05) is 59.3 Å². The number of amides is 1. The molecule has 1 saturated carbocycles. The van der Waals surface area contributed by atoms with Crippen LogP contribution >= 0.6 is 0 Å². The maximum atomic E-state index is 12.2. The molecule has 0 unspecified atom stereocenters. The van der Waals surface area contributed by atoms with E-state index in [4.69, 9.17) is 18.8 Å². The molecule has 3 aliphatic rings. The molecule has 0 aromatic carbocycles. The summed E-state index contributed by atoms with van der Waals surface area (Å²) in [7, 11) is -0.401. The maximum absolute atomic E-state index is 12.2. The first-order chi connectivity index (χ1) is 16.3. The summed E-state index contributed by atoms with van der Waals surface area (Å²) < 4.78 is 25.7. The molecule has 2 aliphatic heterocycles. The van der Waals surface area contributed by atoms with Crippen LogP contribution in [0, 0.1) is 17.8 Å². The Morgan fingerprint density at radius 3 is 2.37 bits per heavy atom. The van der Waals surface area contributed by atoms with Gasteiger partial charge in [0.05, 0.1) is 23.4 Å². The van der Waals surface area contributed by atoms with Gasteiger partial charge in [-0.1, -0.05) is 11.8 Å². The van der Waals surface area contributed by atoms with Crippen molar-refractivity contribution in [3.63, 3.8) is 0 Å². The highest BCUT2D eigenvalue weighted by atomic mass is 16.7. The van der Waals surface area contributed by atoms with Crippen molar-refractivity contribution < 1.29 is 23.6 Å². The first-order valence-electron chi connectivity index (χ1n) is 12.8. The predicted molar refractivity (Wildman–Crippen MR) is 134 cm³/mol. The number of carbonyl (C=O) groups excluding carboxylic acids is 1. The molecule has 0 spiro atoms. The lowest BCUT2D eigenvalue weighted by Crippen LogP contribution is -2.45. The number of ether oxygens (including phenoxy) is 2. The monoisotopic (exact) mass is 485 g/mol. The Bertz CT molecular complexity index is 944. The Hall–Kier alpha value is -2.02. The largest absolute Gasteiger partial charge is 0.498 e. The Kier molecular flexibility index (Phi) is 7.29. The van der Waals surface area contributed by atoms with Gasteiger partial charge in [-0.25, -0.2) is 4.79 Å². The van der Waals surface area contributed by atoms with Crippen LogP contribution < -0.4 is 5.46 Å². The zero-order valence-corrected chi connectivity index (χ0v) is 22.3. The van der Waals surface area contributed by atoms with Gasteiger partial charge in [0.15, 0.2) is 0 Å². The summed E-state index contributed by atoms with van der Waals surface area (Å²) in [4.78, 5) is 14.0. The van der Waals surface area contributed by atoms with E-state index < -0.39 is 12.7 Å². The van der Waals surface area contributed by atoms with E-state index in [2.05, 4.69) is 16.9 Å². The summed E-state index contributed by atoms with van der Waals surface area (Å²) in [6.07, 6.45) is 7.66. The molecule has 1 aliphatic carbocycles. The van der Waals surface area contributed by atoms with Crippen LogP contribution in [0.3, 0.4) is 0 Å². The van der Waals surface area contributed by atoms with Gasteiger partial charge in [-0.15, -0.1) is 0 Å². The van der Waals surface area contributed by atoms with Crippen LogP contribution in [0.1, 0.15) is 74.1 Å². The number of hydrogen-bond acceptors (Lipinski definition) is 6. The average Bonchev–Trinajstić information content (AvgIpc) is 3.27. The minimum Gasteiger partial charge on any atom is -0.444 e. The van der Waals surface area contributed by atoms with E-state index in [1.54, 1.807) is 11.1 Å². The van der Waals surface area contributed by atoms with Gasteiger partial charge in [0.1, 0.15) is 12.1 Å². The van der Waals surface area contributed by atoms with Crippen LogP contribution in [0.2, 0.25) is 0 Å². The molecule has 1 aromatic rings. The van der Waals surface area contributed by atoms with E-state index in [1.165, 1.54) is 0 Å². The fourth-order valence-electron chi connectivity index (χ4n) is 4.41. The van der Waals surface area contributed by atoms with Crippen LogP contribution in [0.15, 0.2) is 12.4 Å². The summed E-state index contributed by atoms with van der Waals surface area (Å²) in [5.41, 5.74) is -0.269. The van der Waals surface area contributed by atoms with Crippen LogP contribution in [0.25, 0.3) is 0 Å². The van der Waals surface area contributed by atoms with E-state index in [0.29, 0.717) is 25.6 Å². The second-order valence-electron chi connectivity index (χ2n) is 12.0. The first kappa shape index (κ1) is 26.1. The topological polar surface area (TPSA) is 75.0 Å². The van der Waals surface area contributed by atoms with Gasteiger partial charge in [0, 0.05) is 36.9 Å². The molecular formula is C26H40BN3O5. The van der Waals surface area contributed by atoms with Crippen LogP contribution in [-0.4, -0.2) is 70.0 Å². The minimum absolute atomic E-state index is 0.213. The molecule has 4 rings (SSSR count). The molecule has 0 radical (unpaired) electrons. The molecule has 1 amide bonds. The highest BCUT2D eigenvalue weighted by Crippen LogP contribution is 2.36. The molecule has 35 heavy (non-hydrogen) atoms.